The second-order valence-corrected chi connectivity index (χ2v) is 6.82. The van der Waals surface area contributed by atoms with Crippen LogP contribution < -0.4 is 0 Å². The lowest BCUT2D eigenvalue weighted by atomic mass is 10.0. The molecule has 0 atom stereocenters. The Hall–Kier alpha value is -2.21. The summed E-state index contributed by atoms with van der Waals surface area (Å²) in [5, 5.41) is 10.7. The first-order chi connectivity index (χ1) is 12.1. The van der Waals surface area contributed by atoms with E-state index in [2.05, 4.69) is 16.7 Å². The van der Waals surface area contributed by atoms with E-state index in [1.807, 2.05) is 0 Å². The van der Waals surface area contributed by atoms with Crippen LogP contribution in [0.15, 0.2) is 30.3 Å². The van der Waals surface area contributed by atoms with E-state index in [9.17, 15) is 14.9 Å². The molecule has 1 aliphatic carbocycles. The van der Waals surface area contributed by atoms with E-state index < -0.39 is 4.92 Å². The van der Waals surface area contributed by atoms with Crippen molar-refractivity contribution in [3.63, 3.8) is 0 Å². The number of nitrogens with zero attached hydrogens (tertiary/aromatic N) is 3. The lowest BCUT2D eigenvalue weighted by Crippen LogP contribution is -2.47. The van der Waals surface area contributed by atoms with Crippen LogP contribution in [0.4, 0.5) is 5.69 Å². The van der Waals surface area contributed by atoms with Crippen LogP contribution in [0.1, 0.15) is 38.2 Å². The minimum Gasteiger partial charge on any atom is -0.333 e. The number of rotatable bonds is 6. The number of carbonyl (C=O) groups excluding carboxylic acids is 1. The molecule has 0 aromatic heterocycles. The second-order valence-electron chi connectivity index (χ2n) is 6.82. The predicted molar refractivity (Wildman–Crippen MR) is 97.1 cm³/mol. The summed E-state index contributed by atoms with van der Waals surface area (Å²) in [6, 6.07) is 7.00. The number of hydrogen-bond donors (Lipinski definition) is 0. The van der Waals surface area contributed by atoms with Gasteiger partial charge in [-0.3, -0.25) is 14.9 Å². The zero-order valence-corrected chi connectivity index (χ0v) is 14.6. The standard InChI is InChI=1S/C19H25N3O3/c1-2-20-13-11-17(12-14-20)21(16-8-9-16)19(23)10-5-15-3-6-18(7-4-15)22(24)25/h3-7,10,16-17H,2,8-9,11-14H2,1H3. The molecule has 1 aromatic rings. The summed E-state index contributed by atoms with van der Waals surface area (Å²) in [4.78, 5) is 27.5. The Labute approximate surface area is 148 Å². The molecule has 1 aliphatic heterocycles. The Bertz CT molecular complexity index is 644. The van der Waals surface area contributed by atoms with Crippen LogP contribution in [0.2, 0.25) is 0 Å². The summed E-state index contributed by atoms with van der Waals surface area (Å²) in [5.41, 5.74) is 0.862. The van der Waals surface area contributed by atoms with E-state index in [1.165, 1.54) is 12.1 Å². The molecule has 2 fully saturated rings. The fourth-order valence-electron chi connectivity index (χ4n) is 3.49. The average molecular weight is 343 g/mol. The predicted octanol–water partition coefficient (Wildman–Crippen LogP) is 3.08. The monoisotopic (exact) mass is 343 g/mol. The number of likely N-dealkylation sites (tertiary alicyclic amines) is 1. The van der Waals surface area contributed by atoms with Gasteiger partial charge in [-0.2, -0.15) is 0 Å². The molecular formula is C19H25N3O3. The van der Waals surface area contributed by atoms with Crippen molar-refractivity contribution in [1.82, 2.24) is 9.80 Å². The summed E-state index contributed by atoms with van der Waals surface area (Å²) in [5.74, 6) is 0.0656. The van der Waals surface area contributed by atoms with Crippen LogP contribution >= 0.6 is 0 Å². The molecule has 134 valence electrons. The number of hydrogen-bond acceptors (Lipinski definition) is 4. The maximum atomic E-state index is 12.7. The van der Waals surface area contributed by atoms with Gasteiger partial charge in [0.15, 0.2) is 0 Å². The molecule has 1 saturated heterocycles. The average Bonchev–Trinajstić information content (AvgIpc) is 3.46. The van der Waals surface area contributed by atoms with Crippen molar-refractivity contribution in [2.45, 2.75) is 44.7 Å². The Balaban J connectivity index is 1.64. The molecule has 0 N–H and O–H groups in total. The summed E-state index contributed by atoms with van der Waals surface area (Å²) in [7, 11) is 0. The highest BCUT2D eigenvalue weighted by molar-refractivity contribution is 5.92. The van der Waals surface area contributed by atoms with Gasteiger partial charge in [0, 0.05) is 43.4 Å². The molecule has 25 heavy (non-hydrogen) atoms. The van der Waals surface area contributed by atoms with E-state index in [-0.39, 0.29) is 11.6 Å². The van der Waals surface area contributed by atoms with Gasteiger partial charge in [-0.25, -0.2) is 0 Å². The fraction of sp³-hybridized carbons (Fsp3) is 0.526. The number of benzene rings is 1. The minimum absolute atomic E-state index is 0.0609. The Morgan fingerprint density at radius 3 is 2.32 bits per heavy atom. The molecule has 1 amide bonds. The largest absolute Gasteiger partial charge is 0.333 e. The number of piperidine rings is 1. The van der Waals surface area contributed by atoms with Crippen molar-refractivity contribution in [2.24, 2.45) is 0 Å². The molecular weight excluding hydrogens is 318 g/mol. The summed E-state index contributed by atoms with van der Waals surface area (Å²) in [6.07, 6.45) is 7.66. The Morgan fingerprint density at radius 1 is 1.20 bits per heavy atom. The van der Waals surface area contributed by atoms with Crippen LogP contribution in [0.3, 0.4) is 0 Å². The van der Waals surface area contributed by atoms with E-state index in [0.717, 1.165) is 50.9 Å². The molecule has 1 saturated carbocycles. The lowest BCUT2D eigenvalue weighted by molar-refractivity contribution is -0.384. The van der Waals surface area contributed by atoms with Crippen molar-refractivity contribution >= 4 is 17.7 Å². The summed E-state index contributed by atoms with van der Waals surface area (Å²) < 4.78 is 0. The van der Waals surface area contributed by atoms with Crippen LogP contribution in [0, 0.1) is 10.1 Å². The van der Waals surface area contributed by atoms with Crippen molar-refractivity contribution in [3.8, 4) is 0 Å². The first-order valence-corrected chi connectivity index (χ1v) is 9.05. The molecule has 1 aromatic carbocycles. The number of amides is 1. The summed E-state index contributed by atoms with van der Waals surface area (Å²) in [6.45, 7) is 5.37. The van der Waals surface area contributed by atoms with Crippen LogP contribution in [-0.4, -0.2) is 52.3 Å². The van der Waals surface area contributed by atoms with Gasteiger partial charge in [0.2, 0.25) is 5.91 Å². The van der Waals surface area contributed by atoms with Gasteiger partial charge < -0.3 is 9.80 Å². The maximum absolute atomic E-state index is 12.7. The van der Waals surface area contributed by atoms with E-state index in [0.29, 0.717) is 12.1 Å². The number of carbonyl (C=O) groups is 1. The second kappa shape index (κ2) is 7.78. The van der Waals surface area contributed by atoms with Crippen LogP contribution in [0.25, 0.3) is 6.08 Å². The first kappa shape index (κ1) is 17.6. The van der Waals surface area contributed by atoms with Gasteiger partial charge in [0.1, 0.15) is 0 Å². The highest BCUT2D eigenvalue weighted by atomic mass is 16.6. The third kappa shape index (κ3) is 4.45. The molecule has 0 unspecified atom stereocenters. The van der Waals surface area contributed by atoms with Gasteiger partial charge in [-0.05, 0) is 56.0 Å². The molecule has 6 heteroatoms. The van der Waals surface area contributed by atoms with Gasteiger partial charge >= 0.3 is 0 Å². The fourth-order valence-corrected chi connectivity index (χ4v) is 3.49. The Morgan fingerprint density at radius 2 is 1.80 bits per heavy atom. The molecule has 0 bridgehead atoms. The molecule has 6 nitrogen and oxygen atoms in total. The van der Waals surface area contributed by atoms with Crippen molar-refractivity contribution in [3.05, 3.63) is 46.0 Å². The number of nitro groups is 1. The zero-order valence-electron chi connectivity index (χ0n) is 14.6. The molecule has 3 rings (SSSR count). The SMILES string of the molecule is CCN1CCC(N(C(=O)C=Cc2ccc([N+](=O)[O-])cc2)C2CC2)CC1. The number of non-ortho nitro benzene ring substituents is 1. The normalized spacial score (nSPS) is 19.2. The summed E-state index contributed by atoms with van der Waals surface area (Å²) >= 11 is 0. The van der Waals surface area contributed by atoms with Gasteiger partial charge in [0.05, 0.1) is 4.92 Å². The van der Waals surface area contributed by atoms with E-state index >= 15 is 0 Å². The third-order valence-corrected chi connectivity index (χ3v) is 5.11. The topological polar surface area (TPSA) is 66.7 Å². The third-order valence-electron chi connectivity index (χ3n) is 5.11. The molecule has 1 heterocycles. The lowest BCUT2D eigenvalue weighted by Gasteiger charge is -2.38. The van der Waals surface area contributed by atoms with Crippen LogP contribution in [0.5, 0.6) is 0 Å². The van der Waals surface area contributed by atoms with Gasteiger partial charge in [-0.15, -0.1) is 0 Å². The van der Waals surface area contributed by atoms with Crippen molar-refractivity contribution < 1.29 is 9.72 Å². The smallest absolute Gasteiger partial charge is 0.269 e. The maximum Gasteiger partial charge on any atom is 0.269 e. The number of nitro benzene ring substituents is 1. The highest BCUT2D eigenvalue weighted by Gasteiger charge is 2.37. The van der Waals surface area contributed by atoms with E-state index in [1.54, 1.807) is 24.3 Å². The van der Waals surface area contributed by atoms with Crippen molar-refractivity contribution in [2.75, 3.05) is 19.6 Å². The van der Waals surface area contributed by atoms with Crippen molar-refractivity contribution in [1.29, 1.82) is 0 Å². The molecule has 2 aliphatic rings. The first-order valence-electron chi connectivity index (χ1n) is 9.05. The molecule has 0 spiro atoms. The van der Waals surface area contributed by atoms with Crippen LogP contribution in [-0.2, 0) is 4.79 Å². The molecule has 0 radical (unpaired) electrons. The van der Waals surface area contributed by atoms with E-state index in [4.69, 9.17) is 0 Å². The zero-order chi connectivity index (χ0) is 17.8. The quantitative estimate of drug-likeness (QED) is 0.452. The van der Waals surface area contributed by atoms with Gasteiger partial charge in [-0.1, -0.05) is 6.92 Å². The minimum atomic E-state index is -0.420. The highest BCUT2D eigenvalue weighted by Crippen LogP contribution is 2.32. The van der Waals surface area contributed by atoms with Gasteiger partial charge in [0.25, 0.3) is 5.69 Å². The Kier molecular flexibility index (Phi) is 5.48.